The van der Waals surface area contributed by atoms with Gasteiger partial charge in [-0.2, -0.15) is 5.10 Å². The van der Waals surface area contributed by atoms with Gasteiger partial charge in [-0.05, 0) is 48.4 Å². The molecule has 0 spiro atoms. The number of hydrogen-bond donors (Lipinski definition) is 0. The van der Waals surface area contributed by atoms with Crippen LogP contribution in [0.5, 0.6) is 11.5 Å². The molecule has 0 saturated heterocycles. The Bertz CT molecular complexity index is 1540. The predicted molar refractivity (Wildman–Crippen MR) is 139 cm³/mol. The van der Waals surface area contributed by atoms with Crippen LogP contribution in [0, 0.1) is 0 Å². The number of aryl methyl sites for hydroxylation is 1. The van der Waals surface area contributed by atoms with Gasteiger partial charge in [0.25, 0.3) is 0 Å². The van der Waals surface area contributed by atoms with E-state index < -0.39 is 0 Å². The summed E-state index contributed by atoms with van der Waals surface area (Å²) in [5, 5.41) is 5.22. The molecule has 176 valence electrons. The number of imidazole rings is 1. The lowest BCUT2D eigenvalue weighted by atomic mass is 10.1. The molecule has 3 aromatic carbocycles. The Hall–Kier alpha value is -3.36. The van der Waals surface area contributed by atoms with E-state index in [1.165, 1.54) is 0 Å². The van der Waals surface area contributed by atoms with Gasteiger partial charge >= 0.3 is 0 Å². The summed E-state index contributed by atoms with van der Waals surface area (Å²) in [4.78, 5) is 9.40. The van der Waals surface area contributed by atoms with Gasteiger partial charge in [-0.25, -0.2) is 14.6 Å². The summed E-state index contributed by atoms with van der Waals surface area (Å²) in [7, 11) is 1.66. The Kier molecular flexibility index (Phi) is 5.70. The topological polar surface area (TPSA) is 67.0 Å². The molecule has 6 rings (SSSR count). The van der Waals surface area contributed by atoms with Crippen LogP contribution >= 0.6 is 27.5 Å². The molecule has 0 unspecified atom stereocenters. The molecule has 1 aliphatic heterocycles. The minimum Gasteiger partial charge on any atom is -0.497 e. The first kappa shape index (κ1) is 22.1. The molecule has 5 aromatic rings. The summed E-state index contributed by atoms with van der Waals surface area (Å²) in [6, 6.07) is 17.8. The molecule has 7 nitrogen and oxygen atoms in total. The molecule has 0 fully saturated rings. The van der Waals surface area contributed by atoms with E-state index in [9.17, 15) is 0 Å². The van der Waals surface area contributed by atoms with Crippen LogP contribution in [0.15, 0.2) is 65.4 Å². The standard InChI is InChI=1S/C26H21BrClN5O2/c1-34-19-6-3-16(4-7-19)14-32-15-29-25(31-32)20-8-5-17(11-21(20)28)26-30-22-12-18(27)13-23-24(22)33(26)9-2-10-35-23/h3-8,11-13,15H,2,9-10,14H2,1H3. The predicted octanol–water partition coefficient (Wildman–Crippen LogP) is 6.22. The van der Waals surface area contributed by atoms with Crippen molar-refractivity contribution in [3.8, 4) is 34.3 Å². The van der Waals surface area contributed by atoms with E-state index >= 15 is 0 Å². The molecular formula is C26H21BrClN5O2. The molecule has 0 amide bonds. The van der Waals surface area contributed by atoms with Gasteiger partial charge in [0.05, 0.1) is 30.8 Å². The van der Waals surface area contributed by atoms with Crippen molar-refractivity contribution >= 4 is 38.6 Å². The van der Waals surface area contributed by atoms with Gasteiger partial charge in [0, 0.05) is 22.1 Å². The fourth-order valence-electron chi connectivity index (χ4n) is 4.40. The normalized spacial score (nSPS) is 13.0. The highest BCUT2D eigenvalue weighted by Crippen LogP contribution is 2.37. The lowest BCUT2D eigenvalue weighted by Crippen LogP contribution is -2.01. The molecule has 0 bridgehead atoms. The molecule has 0 aliphatic carbocycles. The summed E-state index contributed by atoms with van der Waals surface area (Å²) in [6.45, 7) is 2.12. The second kappa shape index (κ2) is 9.02. The molecule has 3 heterocycles. The van der Waals surface area contributed by atoms with Crippen LogP contribution in [0.2, 0.25) is 5.02 Å². The van der Waals surface area contributed by atoms with E-state index in [1.807, 2.05) is 54.6 Å². The maximum atomic E-state index is 6.74. The Morgan fingerprint density at radius 2 is 1.97 bits per heavy atom. The number of rotatable bonds is 5. The van der Waals surface area contributed by atoms with Crippen LogP contribution in [0.25, 0.3) is 33.8 Å². The van der Waals surface area contributed by atoms with E-state index in [0.717, 1.165) is 62.5 Å². The second-order valence-corrected chi connectivity index (χ2v) is 9.69. The van der Waals surface area contributed by atoms with Crippen molar-refractivity contribution in [3.63, 3.8) is 0 Å². The quantitative estimate of drug-likeness (QED) is 0.260. The number of aromatic nitrogens is 5. The van der Waals surface area contributed by atoms with Gasteiger partial charge in [0.15, 0.2) is 5.82 Å². The van der Waals surface area contributed by atoms with Crippen molar-refractivity contribution in [1.29, 1.82) is 0 Å². The third-order valence-corrected chi connectivity index (χ3v) is 6.83. The number of methoxy groups -OCH3 is 1. The Morgan fingerprint density at radius 1 is 1.11 bits per heavy atom. The molecule has 0 N–H and O–H groups in total. The smallest absolute Gasteiger partial charge is 0.182 e. The van der Waals surface area contributed by atoms with E-state index in [0.29, 0.717) is 24.0 Å². The van der Waals surface area contributed by atoms with E-state index in [4.69, 9.17) is 26.1 Å². The maximum Gasteiger partial charge on any atom is 0.182 e. The molecule has 35 heavy (non-hydrogen) atoms. The average Bonchev–Trinajstić information content (AvgIpc) is 3.40. The Morgan fingerprint density at radius 3 is 2.77 bits per heavy atom. The second-order valence-electron chi connectivity index (χ2n) is 8.37. The number of ether oxygens (including phenoxy) is 2. The number of benzene rings is 3. The van der Waals surface area contributed by atoms with Crippen LogP contribution in [0.4, 0.5) is 0 Å². The van der Waals surface area contributed by atoms with Crippen LogP contribution < -0.4 is 9.47 Å². The first-order valence-corrected chi connectivity index (χ1v) is 12.4. The molecule has 0 saturated carbocycles. The van der Waals surface area contributed by atoms with Crippen molar-refractivity contribution < 1.29 is 9.47 Å². The first-order chi connectivity index (χ1) is 17.1. The van der Waals surface area contributed by atoms with Crippen molar-refractivity contribution in [2.45, 2.75) is 19.5 Å². The van der Waals surface area contributed by atoms with Gasteiger partial charge in [-0.1, -0.05) is 45.7 Å². The summed E-state index contributed by atoms with van der Waals surface area (Å²) in [6.07, 6.45) is 2.63. The van der Waals surface area contributed by atoms with E-state index in [2.05, 4.69) is 30.6 Å². The molecule has 2 aromatic heterocycles. The highest BCUT2D eigenvalue weighted by Gasteiger charge is 2.21. The van der Waals surface area contributed by atoms with Crippen molar-refractivity contribution in [1.82, 2.24) is 24.3 Å². The largest absolute Gasteiger partial charge is 0.497 e. The van der Waals surface area contributed by atoms with E-state index in [-0.39, 0.29) is 0 Å². The highest BCUT2D eigenvalue weighted by molar-refractivity contribution is 9.10. The molecular weight excluding hydrogens is 530 g/mol. The molecule has 0 atom stereocenters. The lowest BCUT2D eigenvalue weighted by Gasteiger charge is -2.08. The molecule has 1 aliphatic rings. The van der Waals surface area contributed by atoms with Crippen molar-refractivity contribution in [2.75, 3.05) is 13.7 Å². The van der Waals surface area contributed by atoms with E-state index in [1.54, 1.807) is 18.1 Å². The highest BCUT2D eigenvalue weighted by atomic mass is 79.9. The summed E-state index contributed by atoms with van der Waals surface area (Å²) >= 11 is 10.3. The Balaban J connectivity index is 1.31. The third-order valence-electron chi connectivity index (χ3n) is 6.06. The van der Waals surface area contributed by atoms with Crippen LogP contribution in [0.1, 0.15) is 12.0 Å². The van der Waals surface area contributed by atoms with Crippen LogP contribution in [-0.2, 0) is 13.1 Å². The van der Waals surface area contributed by atoms with Crippen LogP contribution in [-0.4, -0.2) is 38.0 Å². The summed E-state index contributed by atoms with van der Waals surface area (Å²) in [5.74, 6) is 3.13. The average molecular weight is 551 g/mol. The molecule has 9 heteroatoms. The zero-order chi connectivity index (χ0) is 23.9. The van der Waals surface area contributed by atoms with Gasteiger partial charge in [-0.3, -0.25) is 0 Å². The minimum absolute atomic E-state index is 0.579. The summed E-state index contributed by atoms with van der Waals surface area (Å²) < 4.78 is 16.2. The van der Waals surface area contributed by atoms with Gasteiger partial charge in [0.2, 0.25) is 0 Å². The lowest BCUT2D eigenvalue weighted by molar-refractivity contribution is 0.315. The number of nitrogens with zero attached hydrogens (tertiary/aromatic N) is 5. The van der Waals surface area contributed by atoms with Gasteiger partial charge in [0.1, 0.15) is 29.2 Å². The van der Waals surface area contributed by atoms with Crippen molar-refractivity contribution in [3.05, 3.63) is 76.0 Å². The maximum absolute atomic E-state index is 6.74. The van der Waals surface area contributed by atoms with Gasteiger partial charge < -0.3 is 14.0 Å². The zero-order valence-electron chi connectivity index (χ0n) is 18.9. The monoisotopic (exact) mass is 549 g/mol. The third kappa shape index (κ3) is 4.17. The molecule has 0 radical (unpaired) electrons. The van der Waals surface area contributed by atoms with Crippen LogP contribution in [0.3, 0.4) is 0 Å². The first-order valence-electron chi connectivity index (χ1n) is 11.2. The zero-order valence-corrected chi connectivity index (χ0v) is 21.3. The fraction of sp³-hybridized carbons (Fsp3) is 0.192. The van der Waals surface area contributed by atoms with Crippen molar-refractivity contribution in [2.24, 2.45) is 0 Å². The summed E-state index contributed by atoms with van der Waals surface area (Å²) in [5.41, 5.74) is 4.74. The Labute approximate surface area is 215 Å². The van der Waals surface area contributed by atoms with Gasteiger partial charge in [-0.15, -0.1) is 0 Å². The number of hydrogen-bond acceptors (Lipinski definition) is 5. The minimum atomic E-state index is 0.579. The number of halogens is 2. The SMILES string of the molecule is COc1ccc(Cn2cnc(-c3ccc(-c4nc5cc(Br)cc6c5n4CCCO6)cc3Cl)n2)cc1. The fourth-order valence-corrected chi connectivity index (χ4v) is 5.09.